The second-order valence-corrected chi connectivity index (χ2v) is 4.66. The lowest BCUT2D eigenvalue weighted by Crippen LogP contribution is -2.36. The number of nitrogens with one attached hydrogen (secondary N) is 1. The van der Waals surface area contributed by atoms with E-state index in [1.54, 1.807) is 6.20 Å². The molecule has 1 aromatic heterocycles. The monoisotopic (exact) mass is 256 g/mol. The van der Waals surface area contributed by atoms with E-state index in [1.165, 1.54) is 6.20 Å². The molecule has 0 aromatic carbocycles. The molecule has 1 saturated heterocycles. The molecule has 1 fully saturated rings. The highest BCUT2D eigenvalue weighted by Crippen LogP contribution is 2.17. The van der Waals surface area contributed by atoms with Crippen molar-refractivity contribution in [3.8, 4) is 12.1 Å². The second-order valence-electron chi connectivity index (χ2n) is 4.66. The van der Waals surface area contributed by atoms with Crippen LogP contribution in [0.1, 0.15) is 18.5 Å². The third-order valence-electron chi connectivity index (χ3n) is 3.34. The van der Waals surface area contributed by atoms with Crippen molar-refractivity contribution in [2.24, 2.45) is 5.92 Å². The number of aromatic nitrogens is 2. The maximum absolute atomic E-state index is 8.64. The molecule has 1 aromatic rings. The second kappa shape index (κ2) is 6.67. The maximum atomic E-state index is 8.64. The first-order chi connectivity index (χ1) is 9.31. The van der Waals surface area contributed by atoms with Crippen LogP contribution in [0.25, 0.3) is 0 Å². The van der Waals surface area contributed by atoms with E-state index in [0.717, 1.165) is 32.5 Å². The Bertz CT molecular complexity index is 475. The summed E-state index contributed by atoms with van der Waals surface area (Å²) in [6.07, 6.45) is 5.25. The topological polar surface area (TPSA) is 88.6 Å². The van der Waals surface area contributed by atoms with E-state index in [0.29, 0.717) is 24.0 Å². The standard InChI is InChI=1S/C13H16N6/c14-3-6-19-4-1-11(2-5-19)8-17-13-10-16-12(7-15)9-18-13/h9-11H,1-2,4-6,8H2,(H,17,18). The van der Waals surface area contributed by atoms with Gasteiger partial charge in [-0.3, -0.25) is 4.90 Å². The molecular weight excluding hydrogens is 240 g/mol. The van der Waals surface area contributed by atoms with Gasteiger partial charge in [0.15, 0.2) is 5.69 Å². The van der Waals surface area contributed by atoms with Gasteiger partial charge in [0.1, 0.15) is 11.9 Å². The van der Waals surface area contributed by atoms with Crippen molar-refractivity contribution in [2.45, 2.75) is 12.8 Å². The van der Waals surface area contributed by atoms with E-state index in [1.807, 2.05) is 6.07 Å². The van der Waals surface area contributed by atoms with Crippen molar-refractivity contribution in [2.75, 3.05) is 31.5 Å². The van der Waals surface area contributed by atoms with Crippen molar-refractivity contribution in [3.63, 3.8) is 0 Å². The Morgan fingerprint density at radius 1 is 1.26 bits per heavy atom. The largest absolute Gasteiger partial charge is 0.369 e. The molecule has 1 aliphatic heterocycles. The molecule has 19 heavy (non-hydrogen) atoms. The molecule has 0 bridgehead atoms. The van der Waals surface area contributed by atoms with E-state index in [9.17, 15) is 0 Å². The highest BCUT2D eigenvalue weighted by atomic mass is 15.1. The fourth-order valence-corrected chi connectivity index (χ4v) is 2.17. The van der Waals surface area contributed by atoms with E-state index < -0.39 is 0 Å². The van der Waals surface area contributed by atoms with Crippen LogP contribution in [0.2, 0.25) is 0 Å². The normalized spacial score (nSPS) is 16.5. The van der Waals surface area contributed by atoms with Crippen molar-refractivity contribution in [1.29, 1.82) is 10.5 Å². The predicted molar refractivity (Wildman–Crippen MR) is 70.0 cm³/mol. The van der Waals surface area contributed by atoms with Crippen molar-refractivity contribution in [1.82, 2.24) is 14.9 Å². The summed E-state index contributed by atoms with van der Waals surface area (Å²) in [5.74, 6) is 1.31. The number of hydrogen-bond acceptors (Lipinski definition) is 6. The van der Waals surface area contributed by atoms with Crippen LogP contribution in [0.3, 0.4) is 0 Å². The number of nitriles is 2. The van der Waals surface area contributed by atoms with E-state index in [4.69, 9.17) is 10.5 Å². The molecular formula is C13H16N6. The summed E-state index contributed by atoms with van der Waals surface area (Å²) in [6, 6.07) is 4.13. The van der Waals surface area contributed by atoms with Gasteiger partial charge in [0, 0.05) is 6.54 Å². The van der Waals surface area contributed by atoms with Gasteiger partial charge in [-0.1, -0.05) is 0 Å². The van der Waals surface area contributed by atoms with E-state index >= 15 is 0 Å². The first kappa shape index (κ1) is 13.3. The molecule has 0 radical (unpaired) electrons. The van der Waals surface area contributed by atoms with Gasteiger partial charge in [-0.2, -0.15) is 10.5 Å². The molecule has 2 heterocycles. The van der Waals surface area contributed by atoms with E-state index in [2.05, 4.69) is 26.3 Å². The van der Waals surface area contributed by atoms with Crippen molar-refractivity contribution >= 4 is 5.82 Å². The summed E-state index contributed by atoms with van der Waals surface area (Å²) in [5, 5.41) is 20.5. The Morgan fingerprint density at radius 3 is 2.63 bits per heavy atom. The van der Waals surface area contributed by atoms with Crippen LogP contribution in [0.4, 0.5) is 5.82 Å². The third-order valence-corrected chi connectivity index (χ3v) is 3.34. The molecule has 98 valence electrons. The van der Waals surface area contributed by atoms with Gasteiger partial charge in [0.05, 0.1) is 25.0 Å². The molecule has 0 saturated carbocycles. The van der Waals surface area contributed by atoms with Gasteiger partial charge < -0.3 is 5.32 Å². The van der Waals surface area contributed by atoms with Crippen LogP contribution in [-0.2, 0) is 0 Å². The summed E-state index contributed by atoms with van der Waals surface area (Å²) < 4.78 is 0. The van der Waals surface area contributed by atoms with Crippen LogP contribution in [0, 0.1) is 28.6 Å². The van der Waals surface area contributed by atoms with Crippen LogP contribution >= 0.6 is 0 Å². The molecule has 0 aliphatic carbocycles. The van der Waals surface area contributed by atoms with Crippen LogP contribution < -0.4 is 5.32 Å². The minimum Gasteiger partial charge on any atom is -0.369 e. The highest BCUT2D eigenvalue weighted by Gasteiger charge is 2.18. The van der Waals surface area contributed by atoms with Gasteiger partial charge in [0.2, 0.25) is 0 Å². The van der Waals surface area contributed by atoms with Crippen molar-refractivity contribution in [3.05, 3.63) is 18.1 Å². The molecule has 1 aliphatic rings. The molecule has 2 rings (SSSR count). The quantitative estimate of drug-likeness (QED) is 0.808. The van der Waals surface area contributed by atoms with Gasteiger partial charge in [-0.25, -0.2) is 9.97 Å². The van der Waals surface area contributed by atoms with Gasteiger partial charge >= 0.3 is 0 Å². The lowest BCUT2D eigenvalue weighted by Gasteiger charge is -2.30. The summed E-state index contributed by atoms with van der Waals surface area (Å²) in [7, 11) is 0. The number of anilines is 1. The molecule has 6 heteroatoms. The number of piperidine rings is 1. The summed E-state index contributed by atoms with van der Waals surface area (Å²) in [6.45, 7) is 3.36. The number of likely N-dealkylation sites (tertiary alicyclic amines) is 1. The maximum Gasteiger partial charge on any atom is 0.158 e. The minimum atomic E-state index is 0.329. The molecule has 0 spiro atoms. The summed E-state index contributed by atoms with van der Waals surface area (Å²) >= 11 is 0. The van der Waals surface area contributed by atoms with Gasteiger partial charge in [0.25, 0.3) is 0 Å². The van der Waals surface area contributed by atoms with Crippen LogP contribution in [0.5, 0.6) is 0 Å². The lowest BCUT2D eigenvalue weighted by molar-refractivity contribution is 0.208. The Morgan fingerprint density at radius 2 is 2.05 bits per heavy atom. The fourth-order valence-electron chi connectivity index (χ4n) is 2.17. The molecule has 0 atom stereocenters. The zero-order valence-corrected chi connectivity index (χ0v) is 10.7. The average molecular weight is 256 g/mol. The lowest BCUT2D eigenvalue weighted by atomic mass is 9.97. The van der Waals surface area contributed by atoms with Gasteiger partial charge in [-0.15, -0.1) is 0 Å². The minimum absolute atomic E-state index is 0.329. The molecule has 0 amide bonds. The van der Waals surface area contributed by atoms with Gasteiger partial charge in [-0.05, 0) is 31.8 Å². The fraction of sp³-hybridized carbons (Fsp3) is 0.538. The Hall–Kier alpha value is -2.18. The number of nitrogens with zero attached hydrogens (tertiary/aromatic N) is 5. The Kier molecular flexibility index (Phi) is 4.66. The van der Waals surface area contributed by atoms with Crippen LogP contribution in [-0.4, -0.2) is 41.0 Å². The zero-order valence-electron chi connectivity index (χ0n) is 10.7. The van der Waals surface area contributed by atoms with Crippen LogP contribution in [0.15, 0.2) is 12.4 Å². The summed E-state index contributed by atoms with van der Waals surface area (Å²) in [4.78, 5) is 10.3. The Labute approximate surface area is 112 Å². The predicted octanol–water partition coefficient (Wildman–Crippen LogP) is 0.996. The number of rotatable bonds is 4. The van der Waals surface area contributed by atoms with Crippen molar-refractivity contribution < 1.29 is 0 Å². The summed E-state index contributed by atoms with van der Waals surface area (Å²) in [5.41, 5.74) is 0.329. The Balaban J connectivity index is 1.74. The average Bonchev–Trinajstić information content (AvgIpc) is 2.47. The third kappa shape index (κ3) is 3.90. The smallest absolute Gasteiger partial charge is 0.158 e. The molecule has 0 unspecified atom stereocenters. The molecule has 1 N–H and O–H groups in total. The first-order valence-electron chi connectivity index (χ1n) is 6.37. The highest BCUT2D eigenvalue weighted by molar-refractivity contribution is 5.33. The number of hydrogen-bond donors (Lipinski definition) is 1. The zero-order chi connectivity index (χ0) is 13.5. The first-order valence-corrected chi connectivity index (χ1v) is 6.37. The van der Waals surface area contributed by atoms with E-state index in [-0.39, 0.29) is 0 Å². The molecule has 6 nitrogen and oxygen atoms in total. The SMILES string of the molecule is N#CCN1CCC(CNc2cnc(C#N)cn2)CC1.